The van der Waals surface area contributed by atoms with Crippen molar-refractivity contribution in [2.45, 2.75) is 111 Å². The van der Waals surface area contributed by atoms with E-state index < -0.39 is 11.3 Å². The van der Waals surface area contributed by atoms with Crippen molar-refractivity contribution in [3.8, 4) is 0 Å². The highest BCUT2D eigenvalue weighted by atomic mass is 19.1. The number of alkyl halides is 2. The second kappa shape index (κ2) is 8.48. The Morgan fingerprint density at radius 2 is 1.29 bits per heavy atom. The molecule has 0 aliphatic carbocycles. The fraction of sp³-hybridized carbons (Fsp3) is 1.00. The summed E-state index contributed by atoms with van der Waals surface area (Å²) in [4.78, 5) is 0. The van der Waals surface area contributed by atoms with Crippen LogP contribution in [0.2, 0.25) is 0 Å². The molecule has 0 N–H and O–H groups in total. The lowest BCUT2D eigenvalue weighted by molar-refractivity contribution is -0.00499. The van der Waals surface area contributed by atoms with Gasteiger partial charge in [0.25, 0.3) is 0 Å². The first-order chi connectivity index (χ1) is 9.66. The lowest BCUT2D eigenvalue weighted by atomic mass is 9.68. The normalized spacial score (nSPS) is 20.9. The average Bonchev–Trinajstić information content (AvgIpc) is 2.47. The molecular weight excluding hydrogens is 266 g/mol. The van der Waals surface area contributed by atoms with Crippen molar-refractivity contribution in [3.63, 3.8) is 0 Å². The van der Waals surface area contributed by atoms with Crippen LogP contribution < -0.4 is 0 Å². The fourth-order valence-corrected chi connectivity index (χ4v) is 3.70. The molecule has 0 aromatic rings. The van der Waals surface area contributed by atoms with Crippen LogP contribution in [0.1, 0.15) is 99.8 Å². The third-order valence-corrected chi connectivity index (χ3v) is 6.33. The Balaban J connectivity index is 4.77. The predicted octanol–water partition coefficient (Wildman–Crippen LogP) is 7.27. The Kier molecular flexibility index (Phi) is 8.42. The van der Waals surface area contributed by atoms with E-state index in [1.165, 1.54) is 0 Å². The van der Waals surface area contributed by atoms with Gasteiger partial charge in [-0.15, -0.1) is 0 Å². The minimum absolute atomic E-state index is 0.137. The number of halogens is 2. The van der Waals surface area contributed by atoms with Crippen molar-refractivity contribution in [3.05, 3.63) is 0 Å². The van der Waals surface area contributed by atoms with Gasteiger partial charge in [-0.05, 0) is 51.4 Å². The maximum atomic E-state index is 15.1. The first-order valence-electron chi connectivity index (χ1n) is 9.04. The van der Waals surface area contributed by atoms with Crippen molar-refractivity contribution >= 4 is 0 Å². The molecule has 0 aliphatic rings. The van der Waals surface area contributed by atoms with E-state index in [9.17, 15) is 4.39 Å². The molecule has 128 valence electrons. The molecule has 0 amide bonds. The summed E-state index contributed by atoms with van der Waals surface area (Å²) < 4.78 is 29.9. The van der Waals surface area contributed by atoms with Gasteiger partial charge in [-0.3, -0.25) is 0 Å². The third kappa shape index (κ3) is 4.93. The zero-order valence-corrected chi connectivity index (χ0v) is 15.5. The van der Waals surface area contributed by atoms with Crippen LogP contribution in [0.4, 0.5) is 8.78 Å². The van der Waals surface area contributed by atoms with Gasteiger partial charge in [0.2, 0.25) is 0 Å². The topological polar surface area (TPSA) is 0 Å². The summed E-state index contributed by atoms with van der Waals surface area (Å²) in [7, 11) is 0. The second-order valence-electron chi connectivity index (χ2n) is 7.22. The number of hydrogen-bond donors (Lipinski definition) is 0. The third-order valence-electron chi connectivity index (χ3n) is 6.33. The molecule has 2 heteroatoms. The van der Waals surface area contributed by atoms with Gasteiger partial charge >= 0.3 is 0 Å². The highest BCUT2D eigenvalue weighted by Crippen LogP contribution is 2.45. The maximum Gasteiger partial charge on any atom is 0.113 e. The van der Waals surface area contributed by atoms with E-state index in [4.69, 9.17) is 0 Å². The Labute approximate surface area is 132 Å². The predicted molar refractivity (Wildman–Crippen MR) is 90.3 cm³/mol. The van der Waals surface area contributed by atoms with Crippen LogP contribution in [0.5, 0.6) is 0 Å². The molecule has 0 bridgehead atoms. The molecule has 0 fully saturated rings. The molecule has 0 saturated heterocycles. The Bertz CT molecular complexity index is 283. The van der Waals surface area contributed by atoms with E-state index in [-0.39, 0.29) is 11.3 Å². The molecule has 0 heterocycles. The Morgan fingerprint density at radius 3 is 1.62 bits per heavy atom. The van der Waals surface area contributed by atoms with E-state index in [0.717, 1.165) is 32.1 Å². The minimum atomic E-state index is -1.16. The molecule has 0 aromatic heterocycles. The summed E-state index contributed by atoms with van der Waals surface area (Å²) in [6.45, 7) is 13.8. The van der Waals surface area contributed by atoms with Gasteiger partial charge in [0.15, 0.2) is 0 Å². The van der Waals surface area contributed by atoms with Crippen molar-refractivity contribution in [2.24, 2.45) is 11.3 Å². The number of rotatable bonds is 11. The van der Waals surface area contributed by atoms with Crippen molar-refractivity contribution in [2.75, 3.05) is 0 Å². The molecule has 2 unspecified atom stereocenters. The van der Waals surface area contributed by atoms with Crippen molar-refractivity contribution in [1.29, 1.82) is 0 Å². The summed E-state index contributed by atoms with van der Waals surface area (Å²) >= 11 is 0. The standard InChI is InChI=1S/C19H38F2/c1-8-16(9-2)19(21,12-5)15-13-14-17(6,10-3)18(7,20)11-4/h16H,8-15H2,1-7H3/t17?,18-,19?/m0/s1. The first-order valence-corrected chi connectivity index (χ1v) is 9.04. The van der Waals surface area contributed by atoms with Crippen molar-refractivity contribution in [1.82, 2.24) is 0 Å². The van der Waals surface area contributed by atoms with Gasteiger partial charge < -0.3 is 0 Å². The van der Waals surface area contributed by atoms with Crippen LogP contribution in [0.25, 0.3) is 0 Å². The Hall–Kier alpha value is -0.140. The van der Waals surface area contributed by atoms with Crippen LogP contribution in [-0.2, 0) is 0 Å². The van der Waals surface area contributed by atoms with E-state index in [1.807, 2.05) is 20.8 Å². The first kappa shape index (κ1) is 20.9. The molecule has 21 heavy (non-hydrogen) atoms. The van der Waals surface area contributed by atoms with Gasteiger partial charge in [-0.2, -0.15) is 0 Å². The molecule has 0 rings (SSSR count). The van der Waals surface area contributed by atoms with Crippen molar-refractivity contribution < 1.29 is 8.78 Å². The van der Waals surface area contributed by atoms with Gasteiger partial charge in [-0.1, -0.05) is 54.4 Å². The van der Waals surface area contributed by atoms with Gasteiger partial charge in [-0.25, -0.2) is 8.78 Å². The van der Waals surface area contributed by atoms with Crippen LogP contribution >= 0.6 is 0 Å². The summed E-state index contributed by atoms with van der Waals surface area (Å²) in [5, 5.41) is 0. The largest absolute Gasteiger partial charge is 0.244 e. The summed E-state index contributed by atoms with van der Waals surface area (Å²) in [6, 6.07) is 0. The Morgan fingerprint density at radius 1 is 0.762 bits per heavy atom. The zero-order valence-electron chi connectivity index (χ0n) is 15.5. The van der Waals surface area contributed by atoms with E-state index in [1.54, 1.807) is 6.92 Å². The summed E-state index contributed by atoms with van der Waals surface area (Å²) in [6.07, 6.45) is 5.82. The molecule has 0 aliphatic heterocycles. The van der Waals surface area contributed by atoms with Gasteiger partial charge in [0, 0.05) is 5.41 Å². The molecule has 3 atom stereocenters. The van der Waals surface area contributed by atoms with Crippen LogP contribution in [0.15, 0.2) is 0 Å². The molecule has 0 aromatic carbocycles. The molecular formula is C19H38F2. The van der Waals surface area contributed by atoms with Crippen LogP contribution in [0, 0.1) is 11.3 Å². The molecule has 0 saturated carbocycles. The maximum absolute atomic E-state index is 15.1. The van der Waals surface area contributed by atoms with Gasteiger partial charge in [0.05, 0.1) is 0 Å². The summed E-state index contributed by atoms with van der Waals surface area (Å²) in [5.41, 5.74) is -2.58. The van der Waals surface area contributed by atoms with E-state index in [2.05, 4.69) is 20.8 Å². The van der Waals surface area contributed by atoms with E-state index in [0.29, 0.717) is 19.3 Å². The SMILES string of the molecule is CCC(CC)C(F)(CC)CCCC(C)(CC)[C@@](C)(F)CC. The van der Waals surface area contributed by atoms with Crippen LogP contribution in [-0.4, -0.2) is 11.3 Å². The molecule has 0 nitrogen and oxygen atoms in total. The summed E-state index contributed by atoms with van der Waals surface area (Å²) in [5.74, 6) is 0.137. The minimum Gasteiger partial charge on any atom is -0.244 e. The lowest BCUT2D eigenvalue weighted by Crippen LogP contribution is -2.40. The van der Waals surface area contributed by atoms with E-state index >= 15 is 4.39 Å². The quantitative estimate of drug-likeness (QED) is 0.376. The monoisotopic (exact) mass is 304 g/mol. The molecule has 0 radical (unpaired) electrons. The lowest BCUT2D eigenvalue weighted by Gasteiger charge is -2.41. The van der Waals surface area contributed by atoms with Gasteiger partial charge in [0.1, 0.15) is 11.3 Å². The highest BCUT2D eigenvalue weighted by molar-refractivity contribution is 4.93. The fourth-order valence-electron chi connectivity index (χ4n) is 3.70. The zero-order chi connectivity index (χ0) is 16.7. The molecule has 0 spiro atoms. The average molecular weight is 305 g/mol. The van der Waals surface area contributed by atoms with Crippen LogP contribution in [0.3, 0.4) is 0 Å². The second-order valence-corrected chi connectivity index (χ2v) is 7.22. The highest BCUT2D eigenvalue weighted by Gasteiger charge is 2.43. The smallest absolute Gasteiger partial charge is 0.113 e. The number of hydrogen-bond acceptors (Lipinski definition) is 0.